The highest BCUT2D eigenvalue weighted by Gasteiger charge is 2.12. The molecule has 5 nitrogen and oxygen atoms in total. The number of aryl methyl sites for hydroxylation is 1. The number of nitrogens with zero attached hydrogens (tertiary/aromatic N) is 3. The highest BCUT2D eigenvalue weighted by molar-refractivity contribution is 7.21. The maximum absolute atomic E-state index is 12.2. The molecule has 1 amide bonds. The molecule has 0 saturated heterocycles. The summed E-state index contributed by atoms with van der Waals surface area (Å²) in [6.07, 6.45) is 4.14. The molecule has 0 saturated carbocycles. The largest absolute Gasteiger partial charge is 0.351 e. The van der Waals surface area contributed by atoms with Crippen molar-refractivity contribution in [3.8, 4) is 9.88 Å². The minimum Gasteiger partial charge on any atom is -0.351 e. The third-order valence-electron chi connectivity index (χ3n) is 3.56. The minimum absolute atomic E-state index is 0.0220. The first-order chi connectivity index (χ1) is 11.7. The van der Waals surface area contributed by atoms with Gasteiger partial charge in [-0.25, -0.2) is 9.97 Å². The molecule has 0 spiro atoms. The molecule has 0 unspecified atom stereocenters. The van der Waals surface area contributed by atoms with Crippen LogP contribution in [0.5, 0.6) is 0 Å². The lowest BCUT2D eigenvalue weighted by Crippen LogP contribution is -2.24. The first-order valence-electron chi connectivity index (χ1n) is 7.37. The van der Waals surface area contributed by atoms with Crippen LogP contribution in [0.25, 0.3) is 14.8 Å². The number of hydrogen-bond donors (Lipinski definition) is 1. The molecule has 4 aromatic heterocycles. The fourth-order valence-corrected chi connectivity index (χ4v) is 4.88. The van der Waals surface area contributed by atoms with Crippen molar-refractivity contribution in [1.82, 2.24) is 19.7 Å². The van der Waals surface area contributed by atoms with Gasteiger partial charge in [0.2, 0.25) is 5.91 Å². The molecule has 0 fully saturated rings. The average Bonchev–Trinajstić information content (AvgIpc) is 3.29. The number of aromatic nitrogens is 3. The van der Waals surface area contributed by atoms with E-state index in [9.17, 15) is 4.79 Å². The summed E-state index contributed by atoms with van der Waals surface area (Å²) >= 11 is 4.88. The van der Waals surface area contributed by atoms with E-state index in [-0.39, 0.29) is 5.91 Å². The van der Waals surface area contributed by atoms with Gasteiger partial charge in [0.15, 0.2) is 4.96 Å². The monoisotopic (exact) mass is 374 g/mol. The summed E-state index contributed by atoms with van der Waals surface area (Å²) in [5.41, 5.74) is 1.77. The normalized spacial score (nSPS) is 11.2. The summed E-state index contributed by atoms with van der Waals surface area (Å²) in [5, 5.41) is 8.01. The highest BCUT2D eigenvalue weighted by atomic mass is 32.1. The molecule has 122 valence electrons. The van der Waals surface area contributed by atoms with Gasteiger partial charge < -0.3 is 5.32 Å². The van der Waals surface area contributed by atoms with E-state index >= 15 is 0 Å². The molecular formula is C16H14N4OS3. The topological polar surface area (TPSA) is 59.3 Å². The number of rotatable bonds is 5. The first kappa shape index (κ1) is 15.5. The zero-order valence-electron chi connectivity index (χ0n) is 12.9. The third-order valence-corrected chi connectivity index (χ3v) is 6.52. The zero-order valence-corrected chi connectivity index (χ0v) is 15.3. The number of thiazole rings is 2. The Labute approximate surface area is 150 Å². The van der Waals surface area contributed by atoms with Crippen LogP contribution >= 0.6 is 34.0 Å². The molecule has 24 heavy (non-hydrogen) atoms. The van der Waals surface area contributed by atoms with Crippen LogP contribution in [-0.4, -0.2) is 20.3 Å². The van der Waals surface area contributed by atoms with Gasteiger partial charge in [-0.1, -0.05) is 6.07 Å². The van der Waals surface area contributed by atoms with Crippen LogP contribution in [0.3, 0.4) is 0 Å². The molecular weight excluding hydrogens is 360 g/mol. The van der Waals surface area contributed by atoms with Gasteiger partial charge in [0.05, 0.1) is 29.2 Å². The quantitative estimate of drug-likeness (QED) is 0.579. The van der Waals surface area contributed by atoms with E-state index in [0.717, 1.165) is 26.2 Å². The van der Waals surface area contributed by atoms with Gasteiger partial charge in [-0.05, 0) is 18.4 Å². The summed E-state index contributed by atoms with van der Waals surface area (Å²) in [6, 6.07) is 4.09. The molecule has 1 N–H and O–H groups in total. The van der Waals surface area contributed by atoms with E-state index in [4.69, 9.17) is 0 Å². The van der Waals surface area contributed by atoms with Crippen molar-refractivity contribution in [1.29, 1.82) is 0 Å². The SMILES string of the molecule is Cc1nc(-c2cccs2)sc1CNC(=O)Cc1cn2ccsc2n1. The molecule has 0 aliphatic rings. The summed E-state index contributed by atoms with van der Waals surface area (Å²) < 4.78 is 1.94. The van der Waals surface area contributed by atoms with E-state index in [2.05, 4.69) is 21.4 Å². The number of nitrogens with one attached hydrogen (secondary N) is 1. The van der Waals surface area contributed by atoms with E-state index in [0.29, 0.717) is 13.0 Å². The molecule has 0 aromatic carbocycles. The molecule has 0 aliphatic carbocycles. The van der Waals surface area contributed by atoms with Crippen LogP contribution in [0.15, 0.2) is 35.3 Å². The Bertz CT molecular complexity index is 952. The number of fused-ring (bicyclic) bond motifs is 1. The number of imidazole rings is 1. The number of amides is 1. The lowest BCUT2D eigenvalue weighted by Gasteiger charge is -2.02. The Morgan fingerprint density at radius 2 is 2.21 bits per heavy atom. The van der Waals surface area contributed by atoms with Crippen LogP contribution in [0.2, 0.25) is 0 Å². The zero-order chi connectivity index (χ0) is 16.5. The number of carbonyl (C=O) groups is 1. The standard InChI is InChI=1S/C16H14N4OS3/c1-10-13(24-15(18-10)12-3-2-5-22-12)8-17-14(21)7-11-9-20-4-6-23-16(20)19-11/h2-6,9H,7-8H2,1H3,(H,17,21). The minimum atomic E-state index is -0.0220. The number of carbonyl (C=O) groups excluding carboxylic acids is 1. The maximum Gasteiger partial charge on any atom is 0.226 e. The van der Waals surface area contributed by atoms with Crippen LogP contribution in [0.1, 0.15) is 16.3 Å². The highest BCUT2D eigenvalue weighted by Crippen LogP contribution is 2.30. The molecule has 4 heterocycles. The van der Waals surface area contributed by atoms with E-state index in [1.54, 1.807) is 34.0 Å². The van der Waals surface area contributed by atoms with Crippen LogP contribution < -0.4 is 5.32 Å². The molecule has 4 aromatic rings. The van der Waals surface area contributed by atoms with Crippen molar-refractivity contribution in [3.63, 3.8) is 0 Å². The Morgan fingerprint density at radius 3 is 3.00 bits per heavy atom. The molecule has 0 bridgehead atoms. The van der Waals surface area contributed by atoms with Gasteiger partial charge in [-0.2, -0.15) is 0 Å². The molecule has 0 atom stereocenters. The first-order valence-corrected chi connectivity index (χ1v) is 9.94. The van der Waals surface area contributed by atoms with Crippen molar-refractivity contribution in [2.24, 2.45) is 0 Å². The van der Waals surface area contributed by atoms with Crippen molar-refractivity contribution < 1.29 is 4.79 Å². The van der Waals surface area contributed by atoms with Gasteiger partial charge in [-0.15, -0.1) is 34.0 Å². The van der Waals surface area contributed by atoms with E-state index < -0.39 is 0 Å². The van der Waals surface area contributed by atoms with Gasteiger partial charge >= 0.3 is 0 Å². The van der Waals surface area contributed by atoms with Gasteiger partial charge in [0, 0.05) is 22.7 Å². The second-order valence-electron chi connectivity index (χ2n) is 5.28. The number of hydrogen-bond acceptors (Lipinski definition) is 6. The van der Waals surface area contributed by atoms with Gasteiger partial charge in [-0.3, -0.25) is 9.20 Å². The van der Waals surface area contributed by atoms with Gasteiger partial charge in [0.25, 0.3) is 0 Å². The summed E-state index contributed by atoms with van der Waals surface area (Å²) in [6.45, 7) is 2.49. The molecule has 4 rings (SSSR count). The molecule has 8 heteroatoms. The Kier molecular flexibility index (Phi) is 4.17. The van der Waals surface area contributed by atoms with Crippen molar-refractivity contribution in [3.05, 3.63) is 51.6 Å². The second-order valence-corrected chi connectivity index (χ2v) is 8.19. The van der Waals surface area contributed by atoms with Gasteiger partial charge in [0.1, 0.15) is 5.01 Å². The van der Waals surface area contributed by atoms with Crippen LogP contribution in [-0.2, 0) is 17.8 Å². The van der Waals surface area contributed by atoms with E-state index in [1.165, 1.54) is 4.88 Å². The Balaban J connectivity index is 1.39. The second kappa shape index (κ2) is 6.46. The van der Waals surface area contributed by atoms with Crippen LogP contribution in [0, 0.1) is 6.92 Å². The average molecular weight is 375 g/mol. The van der Waals surface area contributed by atoms with Crippen LogP contribution in [0.4, 0.5) is 0 Å². The Hall–Kier alpha value is -2.03. The maximum atomic E-state index is 12.2. The van der Waals surface area contributed by atoms with Crippen molar-refractivity contribution in [2.45, 2.75) is 19.9 Å². The summed E-state index contributed by atoms with van der Waals surface area (Å²) in [5.74, 6) is -0.0220. The Morgan fingerprint density at radius 1 is 1.29 bits per heavy atom. The van der Waals surface area contributed by atoms with Crippen molar-refractivity contribution >= 4 is 44.9 Å². The summed E-state index contributed by atoms with van der Waals surface area (Å²) in [4.78, 5) is 24.4. The molecule has 0 radical (unpaired) electrons. The summed E-state index contributed by atoms with van der Waals surface area (Å²) in [7, 11) is 0. The van der Waals surface area contributed by atoms with E-state index in [1.807, 2.05) is 40.5 Å². The fourth-order valence-electron chi connectivity index (χ4n) is 2.36. The fraction of sp³-hybridized carbons (Fsp3) is 0.188. The van der Waals surface area contributed by atoms with Crippen molar-refractivity contribution in [2.75, 3.05) is 0 Å². The lowest BCUT2D eigenvalue weighted by molar-refractivity contribution is -0.120. The predicted molar refractivity (Wildman–Crippen MR) is 98.8 cm³/mol. The smallest absolute Gasteiger partial charge is 0.226 e. The third kappa shape index (κ3) is 3.12. The lowest BCUT2D eigenvalue weighted by atomic mass is 10.3. The predicted octanol–water partition coefficient (Wildman–Crippen LogP) is 3.75. The number of thiophene rings is 1. The molecule has 0 aliphatic heterocycles.